The Morgan fingerprint density at radius 3 is 2.67 bits per heavy atom. The van der Waals surface area contributed by atoms with E-state index in [1.165, 1.54) is 24.4 Å². The van der Waals surface area contributed by atoms with Gasteiger partial charge in [0.25, 0.3) is 11.6 Å². The number of nitro groups is 1. The number of nitrogens with zero attached hydrogens (tertiary/aromatic N) is 2. The maximum absolute atomic E-state index is 12.1. The van der Waals surface area contributed by atoms with E-state index in [0.717, 1.165) is 11.3 Å². The molecule has 1 amide bonds. The molecule has 2 rings (SSSR count). The Kier molecular flexibility index (Phi) is 5.26. The summed E-state index contributed by atoms with van der Waals surface area (Å²) in [7, 11) is 0. The summed E-state index contributed by atoms with van der Waals surface area (Å²) in [5, 5.41) is 25.3. The minimum atomic E-state index is -0.730. The van der Waals surface area contributed by atoms with Crippen LogP contribution in [0.2, 0.25) is 0 Å². The molecule has 0 aromatic heterocycles. The van der Waals surface area contributed by atoms with Crippen molar-refractivity contribution in [1.29, 1.82) is 5.26 Å². The first kappa shape index (κ1) is 16.7. The second kappa shape index (κ2) is 7.56. The van der Waals surface area contributed by atoms with Gasteiger partial charge in [-0.25, -0.2) is 0 Å². The highest BCUT2D eigenvalue weighted by Crippen LogP contribution is 2.23. The Labute approximate surface area is 138 Å². The standard InChI is InChI=1S/C17H14N4O3/c1-12-5-4-6-14(9-12)19-11-13(10-18)17(22)20-15-7-2-3-8-16(15)21(23)24/h2-9,11,19H,1H3,(H,20,22)/b13-11-. The Morgan fingerprint density at radius 2 is 2.00 bits per heavy atom. The summed E-state index contributed by atoms with van der Waals surface area (Å²) in [6.07, 6.45) is 1.26. The highest BCUT2D eigenvalue weighted by molar-refractivity contribution is 6.07. The molecule has 0 unspecified atom stereocenters. The molecule has 2 aromatic rings. The third-order valence-corrected chi connectivity index (χ3v) is 3.12. The van der Waals surface area contributed by atoms with E-state index in [1.807, 2.05) is 25.1 Å². The lowest BCUT2D eigenvalue weighted by Crippen LogP contribution is -2.15. The number of nitrogens with one attached hydrogen (secondary N) is 2. The van der Waals surface area contributed by atoms with Gasteiger partial charge < -0.3 is 10.6 Å². The third kappa shape index (κ3) is 4.18. The van der Waals surface area contributed by atoms with E-state index in [-0.39, 0.29) is 16.9 Å². The number of nitriles is 1. The molecular formula is C17H14N4O3. The smallest absolute Gasteiger partial charge is 0.292 e. The molecule has 0 bridgehead atoms. The van der Waals surface area contributed by atoms with Gasteiger partial charge in [0.2, 0.25) is 0 Å². The van der Waals surface area contributed by atoms with Gasteiger partial charge in [-0.3, -0.25) is 14.9 Å². The van der Waals surface area contributed by atoms with Gasteiger partial charge in [0, 0.05) is 18.0 Å². The number of rotatable bonds is 5. The average molecular weight is 322 g/mol. The number of nitro benzene ring substituents is 1. The zero-order valence-corrected chi connectivity index (χ0v) is 12.8. The van der Waals surface area contributed by atoms with Crippen LogP contribution in [0.3, 0.4) is 0 Å². The van der Waals surface area contributed by atoms with Crippen LogP contribution in [-0.4, -0.2) is 10.8 Å². The maximum atomic E-state index is 12.1. The van der Waals surface area contributed by atoms with Gasteiger partial charge in [0.15, 0.2) is 0 Å². The number of hydrogen-bond acceptors (Lipinski definition) is 5. The summed E-state index contributed by atoms with van der Waals surface area (Å²) in [6.45, 7) is 1.92. The quantitative estimate of drug-likeness (QED) is 0.380. The lowest BCUT2D eigenvalue weighted by Gasteiger charge is -2.06. The largest absolute Gasteiger partial charge is 0.360 e. The van der Waals surface area contributed by atoms with Gasteiger partial charge in [0.05, 0.1) is 4.92 Å². The van der Waals surface area contributed by atoms with E-state index >= 15 is 0 Å². The van der Waals surface area contributed by atoms with Crippen LogP contribution in [0.4, 0.5) is 17.1 Å². The topological polar surface area (TPSA) is 108 Å². The first-order valence-electron chi connectivity index (χ1n) is 6.99. The van der Waals surface area contributed by atoms with Gasteiger partial charge in [-0.1, -0.05) is 24.3 Å². The molecule has 2 N–H and O–H groups in total. The SMILES string of the molecule is Cc1cccc(N/C=C(/C#N)C(=O)Nc2ccccc2[N+](=O)[O-])c1. The molecule has 0 heterocycles. The average Bonchev–Trinajstić information content (AvgIpc) is 2.55. The number of anilines is 2. The van der Waals surface area contributed by atoms with Crippen molar-refractivity contribution >= 4 is 23.0 Å². The van der Waals surface area contributed by atoms with E-state index in [1.54, 1.807) is 18.2 Å². The van der Waals surface area contributed by atoms with Crippen LogP contribution < -0.4 is 10.6 Å². The Balaban J connectivity index is 2.16. The van der Waals surface area contributed by atoms with E-state index in [9.17, 15) is 14.9 Å². The Morgan fingerprint density at radius 1 is 1.25 bits per heavy atom. The highest BCUT2D eigenvalue weighted by atomic mass is 16.6. The molecule has 7 heteroatoms. The lowest BCUT2D eigenvalue weighted by molar-refractivity contribution is -0.383. The van der Waals surface area contributed by atoms with Crippen LogP contribution in [0.25, 0.3) is 0 Å². The number of amides is 1. The molecule has 0 saturated heterocycles. The molecule has 7 nitrogen and oxygen atoms in total. The molecule has 120 valence electrons. The summed E-state index contributed by atoms with van der Waals surface area (Å²) < 4.78 is 0. The molecule has 0 saturated carbocycles. The minimum absolute atomic E-state index is 0.0317. The van der Waals surface area contributed by atoms with Crippen molar-refractivity contribution in [3.8, 4) is 6.07 Å². The van der Waals surface area contributed by atoms with Crippen LogP contribution in [0, 0.1) is 28.4 Å². The number of carbonyl (C=O) groups excluding carboxylic acids is 1. The van der Waals surface area contributed by atoms with Crippen molar-refractivity contribution in [3.05, 3.63) is 76.0 Å². The van der Waals surface area contributed by atoms with Crippen LogP contribution in [0.5, 0.6) is 0 Å². The van der Waals surface area contributed by atoms with Crippen LogP contribution in [0.15, 0.2) is 60.3 Å². The van der Waals surface area contributed by atoms with E-state index in [2.05, 4.69) is 10.6 Å². The number of benzene rings is 2. The fourth-order valence-corrected chi connectivity index (χ4v) is 1.97. The Bertz CT molecular complexity index is 853. The molecule has 24 heavy (non-hydrogen) atoms. The predicted octanol–water partition coefficient (Wildman–Crippen LogP) is 3.36. The summed E-state index contributed by atoms with van der Waals surface area (Å²) in [6, 6.07) is 14.9. The first-order valence-corrected chi connectivity index (χ1v) is 6.99. The molecule has 0 aliphatic rings. The summed E-state index contributed by atoms with van der Waals surface area (Å²) in [4.78, 5) is 22.5. The molecular weight excluding hydrogens is 308 g/mol. The van der Waals surface area contributed by atoms with Crippen molar-refractivity contribution in [1.82, 2.24) is 0 Å². The second-order valence-corrected chi connectivity index (χ2v) is 4.91. The third-order valence-electron chi connectivity index (χ3n) is 3.12. The highest BCUT2D eigenvalue weighted by Gasteiger charge is 2.17. The molecule has 0 fully saturated rings. The number of carbonyl (C=O) groups is 1. The maximum Gasteiger partial charge on any atom is 0.292 e. The number of hydrogen-bond donors (Lipinski definition) is 2. The Hall–Kier alpha value is -3.66. The van der Waals surface area contributed by atoms with Crippen molar-refractivity contribution in [2.45, 2.75) is 6.92 Å². The van der Waals surface area contributed by atoms with Gasteiger partial charge in [-0.15, -0.1) is 0 Å². The van der Waals surface area contributed by atoms with Crippen molar-refractivity contribution in [2.24, 2.45) is 0 Å². The fraction of sp³-hybridized carbons (Fsp3) is 0.0588. The summed E-state index contributed by atoms with van der Waals surface area (Å²) in [5.41, 5.74) is 1.34. The van der Waals surface area contributed by atoms with Gasteiger partial charge in [-0.05, 0) is 30.7 Å². The molecule has 0 spiro atoms. The van der Waals surface area contributed by atoms with Gasteiger partial charge in [0.1, 0.15) is 17.3 Å². The van der Waals surface area contributed by atoms with Gasteiger partial charge in [-0.2, -0.15) is 5.26 Å². The van der Waals surface area contributed by atoms with Crippen LogP contribution in [-0.2, 0) is 4.79 Å². The molecule has 0 atom stereocenters. The van der Waals surface area contributed by atoms with Crippen molar-refractivity contribution in [3.63, 3.8) is 0 Å². The first-order chi connectivity index (χ1) is 11.5. The van der Waals surface area contributed by atoms with E-state index in [0.29, 0.717) is 0 Å². The summed E-state index contributed by atoms with van der Waals surface area (Å²) in [5.74, 6) is -0.730. The molecule has 0 radical (unpaired) electrons. The van der Waals surface area contributed by atoms with E-state index in [4.69, 9.17) is 5.26 Å². The second-order valence-electron chi connectivity index (χ2n) is 4.91. The zero-order valence-electron chi connectivity index (χ0n) is 12.8. The monoisotopic (exact) mass is 322 g/mol. The zero-order chi connectivity index (χ0) is 17.5. The van der Waals surface area contributed by atoms with Gasteiger partial charge >= 0.3 is 0 Å². The summed E-state index contributed by atoms with van der Waals surface area (Å²) >= 11 is 0. The normalized spacial score (nSPS) is 10.6. The van der Waals surface area contributed by atoms with E-state index < -0.39 is 10.8 Å². The minimum Gasteiger partial charge on any atom is -0.360 e. The predicted molar refractivity (Wildman–Crippen MR) is 90.2 cm³/mol. The van der Waals surface area contributed by atoms with Crippen molar-refractivity contribution in [2.75, 3.05) is 10.6 Å². The van der Waals surface area contributed by atoms with Crippen molar-refractivity contribution < 1.29 is 9.72 Å². The number of para-hydroxylation sites is 2. The molecule has 2 aromatic carbocycles. The molecule has 0 aliphatic carbocycles. The molecule has 0 aliphatic heterocycles. The van der Waals surface area contributed by atoms with Crippen LogP contribution in [0.1, 0.15) is 5.56 Å². The van der Waals surface area contributed by atoms with Crippen LogP contribution >= 0.6 is 0 Å². The lowest BCUT2D eigenvalue weighted by atomic mass is 10.2. The number of aryl methyl sites for hydroxylation is 1. The fourth-order valence-electron chi connectivity index (χ4n) is 1.97.